The molecule has 1 aromatic rings. The third-order valence-corrected chi connectivity index (χ3v) is 2.68. The number of carbonyl (C=O) groups excluding carboxylic acids is 1. The third-order valence-electron chi connectivity index (χ3n) is 2.45. The average molecular weight is 286 g/mol. The first-order chi connectivity index (χ1) is 9.13. The van der Waals surface area contributed by atoms with Gasteiger partial charge in [0.25, 0.3) is 5.91 Å². The van der Waals surface area contributed by atoms with Gasteiger partial charge in [0, 0.05) is 24.8 Å². The minimum absolute atomic E-state index is 0.142. The molecule has 1 amide bonds. The summed E-state index contributed by atoms with van der Waals surface area (Å²) in [7, 11) is 0. The highest BCUT2D eigenvalue weighted by atomic mass is 35.5. The standard InChI is InChI=1S/C14H20ClNO3/c1-3-18-9-5-8-16-14(17)11(2)19-13-7-4-6-12(15)10-13/h4,6-7,10-11H,3,5,8-9H2,1-2H3,(H,16,17). The Bertz CT molecular complexity index is 398. The van der Waals surface area contributed by atoms with E-state index in [1.165, 1.54) is 0 Å². The fourth-order valence-corrected chi connectivity index (χ4v) is 1.65. The Balaban J connectivity index is 2.28. The number of halogens is 1. The molecule has 1 unspecified atom stereocenters. The molecule has 0 saturated heterocycles. The van der Waals surface area contributed by atoms with Crippen LogP contribution in [0.3, 0.4) is 0 Å². The molecule has 0 radical (unpaired) electrons. The number of ether oxygens (including phenoxy) is 2. The molecule has 1 N–H and O–H groups in total. The van der Waals surface area contributed by atoms with Crippen LogP contribution in [0.4, 0.5) is 0 Å². The summed E-state index contributed by atoms with van der Waals surface area (Å²) in [5, 5.41) is 3.38. The molecule has 1 rings (SSSR count). The van der Waals surface area contributed by atoms with E-state index < -0.39 is 6.10 Å². The SMILES string of the molecule is CCOCCCNC(=O)C(C)Oc1cccc(Cl)c1. The van der Waals surface area contributed by atoms with Crippen molar-refractivity contribution in [3.63, 3.8) is 0 Å². The summed E-state index contributed by atoms with van der Waals surface area (Å²) in [4.78, 5) is 11.8. The molecule has 0 fully saturated rings. The highest BCUT2D eigenvalue weighted by molar-refractivity contribution is 6.30. The van der Waals surface area contributed by atoms with Gasteiger partial charge in [-0.3, -0.25) is 4.79 Å². The lowest BCUT2D eigenvalue weighted by Gasteiger charge is -2.14. The van der Waals surface area contributed by atoms with Gasteiger partial charge in [-0.05, 0) is 38.5 Å². The van der Waals surface area contributed by atoms with Gasteiger partial charge in [0.1, 0.15) is 5.75 Å². The monoisotopic (exact) mass is 285 g/mol. The molecule has 0 aliphatic heterocycles. The van der Waals surface area contributed by atoms with Crippen molar-refractivity contribution >= 4 is 17.5 Å². The fraction of sp³-hybridized carbons (Fsp3) is 0.500. The van der Waals surface area contributed by atoms with E-state index in [2.05, 4.69) is 5.32 Å². The van der Waals surface area contributed by atoms with Crippen LogP contribution < -0.4 is 10.1 Å². The molecule has 1 atom stereocenters. The van der Waals surface area contributed by atoms with Crippen molar-refractivity contribution in [2.75, 3.05) is 19.8 Å². The quantitative estimate of drug-likeness (QED) is 0.747. The lowest BCUT2D eigenvalue weighted by Crippen LogP contribution is -2.37. The van der Waals surface area contributed by atoms with Crippen molar-refractivity contribution in [1.29, 1.82) is 0 Å². The number of hydrogen-bond acceptors (Lipinski definition) is 3. The largest absolute Gasteiger partial charge is 0.481 e. The van der Waals surface area contributed by atoms with Crippen LogP contribution in [0, 0.1) is 0 Å². The van der Waals surface area contributed by atoms with Gasteiger partial charge in [-0.1, -0.05) is 17.7 Å². The lowest BCUT2D eigenvalue weighted by atomic mass is 10.3. The number of hydrogen-bond donors (Lipinski definition) is 1. The summed E-state index contributed by atoms with van der Waals surface area (Å²) >= 11 is 5.85. The molecule has 5 heteroatoms. The van der Waals surface area contributed by atoms with Crippen molar-refractivity contribution in [2.45, 2.75) is 26.4 Å². The minimum atomic E-state index is -0.550. The van der Waals surface area contributed by atoms with Crippen LogP contribution in [-0.2, 0) is 9.53 Å². The Morgan fingerprint density at radius 2 is 2.26 bits per heavy atom. The van der Waals surface area contributed by atoms with E-state index in [0.717, 1.165) is 6.42 Å². The van der Waals surface area contributed by atoms with E-state index >= 15 is 0 Å². The summed E-state index contributed by atoms with van der Waals surface area (Å²) in [5.74, 6) is 0.445. The maximum Gasteiger partial charge on any atom is 0.260 e. The molecule has 1 aromatic carbocycles. The van der Waals surface area contributed by atoms with E-state index in [0.29, 0.717) is 30.5 Å². The van der Waals surface area contributed by atoms with Crippen LogP contribution in [-0.4, -0.2) is 31.8 Å². The second-order valence-electron chi connectivity index (χ2n) is 4.06. The minimum Gasteiger partial charge on any atom is -0.481 e. The summed E-state index contributed by atoms with van der Waals surface area (Å²) in [6, 6.07) is 6.99. The summed E-state index contributed by atoms with van der Waals surface area (Å²) in [6.07, 6.45) is 0.245. The first-order valence-electron chi connectivity index (χ1n) is 6.41. The zero-order chi connectivity index (χ0) is 14.1. The first kappa shape index (κ1) is 15.8. The molecule has 0 aromatic heterocycles. The smallest absolute Gasteiger partial charge is 0.260 e. The first-order valence-corrected chi connectivity index (χ1v) is 6.79. The van der Waals surface area contributed by atoms with Crippen LogP contribution >= 0.6 is 11.6 Å². The molecule has 19 heavy (non-hydrogen) atoms. The molecular formula is C14H20ClNO3. The van der Waals surface area contributed by atoms with Gasteiger partial charge in [-0.15, -0.1) is 0 Å². The normalized spacial score (nSPS) is 11.9. The second-order valence-corrected chi connectivity index (χ2v) is 4.50. The van der Waals surface area contributed by atoms with Crippen molar-refractivity contribution in [2.24, 2.45) is 0 Å². The van der Waals surface area contributed by atoms with Gasteiger partial charge in [0.15, 0.2) is 6.10 Å². The maximum atomic E-state index is 11.8. The predicted octanol–water partition coefficient (Wildman–Crippen LogP) is 2.65. The molecule has 0 bridgehead atoms. The molecule has 0 spiro atoms. The van der Waals surface area contributed by atoms with E-state index in [4.69, 9.17) is 21.1 Å². The number of benzene rings is 1. The Morgan fingerprint density at radius 3 is 2.95 bits per heavy atom. The molecule has 0 aliphatic rings. The zero-order valence-corrected chi connectivity index (χ0v) is 12.1. The fourth-order valence-electron chi connectivity index (χ4n) is 1.47. The Morgan fingerprint density at radius 1 is 1.47 bits per heavy atom. The van der Waals surface area contributed by atoms with Crippen molar-refractivity contribution in [3.05, 3.63) is 29.3 Å². The predicted molar refractivity (Wildman–Crippen MR) is 75.7 cm³/mol. The number of carbonyl (C=O) groups is 1. The van der Waals surface area contributed by atoms with Crippen LogP contribution in [0.2, 0.25) is 5.02 Å². The third kappa shape index (κ3) is 6.45. The highest BCUT2D eigenvalue weighted by Crippen LogP contribution is 2.18. The lowest BCUT2D eigenvalue weighted by molar-refractivity contribution is -0.127. The Labute approximate surface area is 119 Å². The van der Waals surface area contributed by atoms with Crippen LogP contribution in [0.1, 0.15) is 20.3 Å². The Hall–Kier alpha value is -1.26. The second kappa shape index (κ2) is 8.77. The summed E-state index contributed by atoms with van der Waals surface area (Å²) in [6.45, 7) is 5.59. The van der Waals surface area contributed by atoms with E-state index in [1.54, 1.807) is 31.2 Å². The van der Waals surface area contributed by atoms with Crippen molar-refractivity contribution in [1.82, 2.24) is 5.32 Å². The van der Waals surface area contributed by atoms with Gasteiger partial charge < -0.3 is 14.8 Å². The summed E-state index contributed by atoms with van der Waals surface area (Å²) < 4.78 is 10.7. The average Bonchev–Trinajstić information content (AvgIpc) is 2.38. The molecule has 0 heterocycles. The van der Waals surface area contributed by atoms with E-state index in [9.17, 15) is 4.79 Å². The number of amides is 1. The maximum absolute atomic E-state index is 11.8. The van der Waals surface area contributed by atoms with Gasteiger partial charge >= 0.3 is 0 Å². The molecule has 4 nitrogen and oxygen atoms in total. The number of nitrogens with one attached hydrogen (secondary N) is 1. The van der Waals surface area contributed by atoms with Gasteiger partial charge in [0.2, 0.25) is 0 Å². The topological polar surface area (TPSA) is 47.6 Å². The zero-order valence-electron chi connectivity index (χ0n) is 11.3. The molecule has 106 valence electrons. The van der Waals surface area contributed by atoms with E-state index in [-0.39, 0.29) is 5.91 Å². The van der Waals surface area contributed by atoms with Crippen LogP contribution in [0.25, 0.3) is 0 Å². The molecule has 0 saturated carbocycles. The van der Waals surface area contributed by atoms with Gasteiger partial charge in [-0.2, -0.15) is 0 Å². The van der Waals surface area contributed by atoms with Crippen molar-refractivity contribution < 1.29 is 14.3 Å². The van der Waals surface area contributed by atoms with Crippen molar-refractivity contribution in [3.8, 4) is 5.75 Å². The van der Waals surface area contributed by atoms with Crippen LogP contribution in [0.15, 0.2) is 24.3 Å². The van der Waals surface area contributed by atoms with Gasteiger partial charge in [0.05, 0.1) is 0 Å². The van der Waals surface area contributed by atoms with E-state index in [1.807, 2.05) is 6.92 Å². The molecule has 0 aliphatic carbocycles. The van der Waals surface area contributed by atoms with Gasteiger partial charge in [-0.25, -0.2) is 0 Å². The Kier molecular flexibility index (Phi) is 7.30. The molecular weight excluding hydrogens is 266 g/mol. The van der Waals surface area contributed by atoms with Crippen LogP contribution in [0.5, 0.6) is 5.75 Å². The number of rotatable bonds is 8. The summed E-state index contributed by atoms with van der Waals surface area (Å²) in [5.41, 5.74) is 0. The highest BCUT2D eigenvalue weighted by Gasteiger charge is 2.13.